The average Bonchev–Trinajstić information content (AvgIpc) is 2.86. The lowest BCUT2D eigenvalue weighted by molar-refractivity contribution is 0.0894. The summed E-state index contributed by atoms with van der Waals surface area (Å²) in [5.74, 6) is -0.703. The molecular weight excluding hydrogens is 264 g/mol. The molecule has 1 atom stereocenters. The highest BCUT2D eigenvalue weighted by Gasteiger charge is 2.16. The molecule has 0 aromatic carbocycles. The Labute approximate surface area is 117 Å². The molecule has 2 amide bonds. The van der Waals surface area contributed by atoms with Crippen molar-refractivity contribution in [3.63, 3.8) is 0 Å². The Morgan fingerprint density at radius 3 is 2.79 bits per heavy atom. The molecule has 1 heterocycles. The molecule has 6 heteroatoms. The Balaban J connectivity index is 2.61. The first-order chi connectivity index (χ1) is 9.08. The molecule has 0 unspecified atom stereocenters. The largest absolute Gasteiger partial charge is 0.383 e. The second-order valence-corrected chi connectivity index (χ2v) is 5.24. The Hall–Kier alpha value is -1.40. The van der Waals surface area contributed by atoms with Crippen LogP contribution in [-0.2, 0) is 4.74 Å². The molecule has 0 fully saturated rings. The highest BCUT2D eigenvalue weighted by atomic mass is 32.1. The standard InChI is InChI=1S/C13H20N2O3S/c1-3-4-5-10(7-18-2)15-13(17)11-6-9(8-19-11)12(14)16/h6,8,10H,3-5,7H2,1-2H3,(H2,14,16)(H,15,17)/t10-/m0/s1. The van der Waals surface area contributed by atoms with E-state index in [4.69, 9.17) is 10.5 Å². The highest BCUT2D eigenvalue weighted by Crippen LogP contribution is 2.14. The normalized spacial score (nSPS) is 12.1. The van der Waals surface area contributed by atoms with E-state index in [0.717, 1.165) is 19.3 Å². The summed E-state index contributed by atoms with van der Waals surface area (Å²) in [5.41, 5.74) is 5.53. The minimum Gasteiger partial charge on any atom is -0.383 e. The van der Waals surface area contributed by atoms with Gasteiger partial charge in [0.2, 0.25) is 5.91 Å². The number of hydrogen-bond acceptors (Lipinski definition) is 4. The number of hydrogen-bond donors (Lipinski definition) is 2. The summed E-state index contributed by atoms with van der Waals surface area (Å²) in [4.78, 5) is 23.5. The number of carbonyl (C=O) groups is 2. The number of nitrogens with two attached hydrogens (primary N) is 1. The van der Waals surface area contributed by atoms with Gasteiger partial charge in [0.1, 0.15) is 0 Å². The Morgan fingerprint density at radius 2 is 2.26 bits per heavy atom. The number of methoxy groups -OCH3 is 1. The predicted molar refractivity (Wildman–Crippen MR) is 75.5 cm³/mol. The Kier molecular flexibility index (Phi) is 6.52. The summed E-state index contributed by atoms with van der Waals surface area (Å²) in [7, 11) is 1.61. The number of nitrogens with one attached hydrogen (secondary N) is 1. The third-order valence-corrected chi connectivity index (χ3v) is 3.65. The number of carbonyl (C=O) groups excluding carboxylic acids is 2. The van der Waals surface area contributed by atoms with Gasteiger partial charge in [-0.25, -0.2) is 0 Å². The average molecular weight is 284 g/mol. The van der Waals surface area contributed by atoms with Gasteiger partial charge < -0.3 is 15.8 Å². The van der Waals surface area contributed by atoms with Gasteiger partial charge in [0.25, 0.3) is 5.91 Å². The number of unbranched alkanes of at least 4 members (excludes halogenated alkanes) is 1. The van der Waals surface area contributed by atoms with Gasteiger partial charge in [0.15, 0.2) is 0 Å². The number of amides is 2. The maximum atomic E-state index is 12.0. The molecule has 0 bridgehead atoms. The van der Waals surface area contributed by atoms with Gasteiger partial charge in [0, 0.05) is 12.5 Å². The predicted octanol–water partition coefficient (Wildman–Crippen LogP) is 1.78. The van der Waals surface area contributed by atoms with Crippen LogP contribution in [0.1, 0.15) is 46.2 Å². The second-order valence-electron chi connectivity index (χ2n) is 4.33. The van der Waals surface area contributed by atoms with Crippen LogP contribution in [-0.4, -0.2) is 31.6 Å². The first-order valence-corrected chi connectivity index (χ1v) is 7.14. The molecule has 3 N–H and O–H groups in total. The van der Waals surface area contributed by atoms with Gasteiger partial charge in [-0.2, -0.15) is 0 Å². The van der Waals surface area contributed by atoms with Crippen LogP contribution >= 0.6 is 11.3 Å². The van der Waals surface area contributed by atoms with E-state index in [9.17, 15) is 9.59 Å². The summed E-state index contributed by atoms with van der Waals surface area (Å²) in [5, 5.41) is 4.51. The van der Waals surface area contributed by atoms with Crippen LogP contribution in [0.5, 0.6) is 0 Å². The van der Waals surface area contributed by atoms with Crippen molar-refractivity contribution < 1.29 is 14.3 Å². The van der Waals surface area contributed by atoms with E-state index in [0.29, 0.717) is 17.0 Å². The third-order valence-electron chi connectivity index (χ3n) is 2.72. The Bertz CT molecular complexity index is 431. The summed E-state index contributed by atoms with van der Waals surface area (Å²) in [6, 6.07) is 1.52. The van der Waals surface area contributed by atoms with Crippen LogP contribution in [0.2, 0.25) is 0 Å². The van der Waals surface area contributed by atoms with Crippen molar-refractivity contribution in [1.29, 1.82) is 0 Å². The monoisotopic (exact) mass is 284 g/mol. The van der Waals surface area contributed by atoms with Crippen LogP contribution in [0, 0.1) is 0 Å². The Morgan fingerprint density at radius 1 is 1.53 bits per heavy atom. The van der Waals surface area contributed by atoms with E-state index >= 15 is 0 Å². The first kappa shape index (κ1) is 15.7. The van der Waals surface area contributed by atoms with Crippen LogP contribution in [0.25, 0.3) is 0 Å². The lowest BCUT2D eigenvalue weighted by Crippen LogP contribution is -2.37. The molecule has 106 valence electrons. The zero-order chi connectivity index (χ0) is 14.3. The molecule has 1 rings (SSSR count). The lowest BCUT2D eigenvalue weighted by atomic mass is 10.1. The molecule has 1 aromatic heterocycles. The van der Waals surface area contributed by atoms with Crippen molar-refractivity contribution in [2.24, 2.45) is 5.73 Å². The number of thiophene rings is 1. The lowest BCUT2D eigenvalue weighted by Gasteiger charge is -2.17. The fourth-order valence-corrected chi connectivity index (χ4v) is 2.49. The maximum Gasteiger partial charge on any atom is 0.261 e. The van der Waals surface area contributed by atoms with Crippen molar-refractivity contribution in [1.82, 2.24) is 5.32 Å². The first-order valence-electron chi connectivity index (χ1n) is 6.26. The van der Waals surface area contributed by atoms with E-state index in [1.165, 1.54) is 17.4 Å². The topological polar surface area (TPSA) is 81.4 Å². The molecule has 0 spiro atoms. The molecule has 0 saturated heterocycles. The minimum atomic E-state index is -0.519. The van der Waals surface area contributed by atoms with Crippen molar-refractivity contribution in [2.75, 3.05) is 13.7 Å². The van der Waals surface area contributed by atoms with Crippen molar-refractivity contribution in [3.8, 4) is 0 Å². The van der Waals surface area contributed by atoms with Crippen LogP contribution in [0.4, 0.5) is 0 Å². The molecule has 0 radical (unpaired) electrons. The number of rotatable bonds is 8. The summed E-state index contributed by atoms with van der Waals surface area (Å²) in [6.45, 7) is 2.59. The van der Waals surface area contributed by atoms with Crippen molar-refractivity contribution in [3.05, 3.63) is 21.9 Å². The molecule has 0 aliphatic carbocycles. The van der Waals surface area contributed by atoms with Gasteiger partial charge in [-0.05, 0) is 12.5 Å². The molecule has 1 aromatic rings. The third kappa shape index (κ3) is 5.00. The van der Waals surface area contributed by atoms with E-state index in [1.807, 2.05) is 0 Å². The summed E-state index contributed by atoms with van der Waals surface area (Å²) >= 11 is 1.22. The van der Waals surface area contributed by atoms with Gasteiger partial charge in [-0.15, -0.1) is 11.3 Å². The van der Waals surface area contributed by atoms with Gasteiger partial charge in [-0.3, -0.25) is 9.59 Å². The van der Waals surface area contributed by atoms with Gasteiger partial charge in [-0.1, -0.05) is 19.8 Å². The van der Waals surface area contributed by atoms with Gasteiger partial charge >= 0.3 is 0 Å². The SMILES string of the molecule is CCCC[C@@H](COC)NC(=O)c1cc(C(N)=O)cs1. The minimum absolute atomic E-state index is 0.00317. The molecule has 0 aliphatic heterocycles. The summed E-state index contributed by atoms with van der Waals surface area (Å²) < 4.78 is 5.10. The molecule has 19 heavy (non-hydrogen) atoms. The highest BCUT2D eigenvalue weighted by molar-refractivity contribution is 7.12. The van der Waals surface area contributed by atoms with Crippen molar-refractivity contribution >= 4 is 23.2 Å². The zero-order valence-corrected chi connectivity index (χ0v) is 12.1. The molecule has 5 nitrogen and oxygen atoms in total. The van der Waals surface area contributed by atoms with Crippen molar-refractivity contribution in [2.45, 2.75) is 32.2 Å². The molecule has 0 saturated carbocycles. The van der Waals surface area contributed by atoms with E-state index < -0.39 is 5.91 Å². The fourth-order valence-electron chi connectivity index (χ4n) is 1.69. The van der Waals surface area contributed by atoms with Crippen LogP contribution in [0.15, 0.2) is 11.4 Å². The summed E-state index contributed by atoms with van der Waals surface area (Å²) in [6.07, 6.45) is 2.98. The fraction of sp³-hybridized carbons (Fsp3) is 0.538. The number of primary amides is 1. The van der Waals surface area contributed by atoms with E-state index in [1.54, 1.807) is 12.5 Å². The van der Waals surface area contributed by atoms with Crippen LogP contribution in [0.3, 0.4) is 0 Å². The number of ether oxygens (including phenoxy) is 1. The van der Waals surface area contributed by atoms with E-state index in [2.05, 4.69) is 12.2 Å². The smallest absolute Gasteiger partial charge is 0.261 e. The van der Waals surface area contributed by atoms with Gasteiger partial charge in [0.05, 0.1) is 23.1 Å². The maximum absolute atomic E-state index is 12.0. The zero-order valence-electron chi connectivity index (χ0n) is 11.3. The molecular formula is C13H20N2O3S. The second kappa shape index (κ2) is 7.91. The van der Waals surface area contributed by atoms with Crippen LogP contribution < -0.4 is 11.1 Å². The van der Waals surface area contributed by atoms with E-state index in [-0.39, 0.29) is 11.9 Å². The molecule has 0 aliphatic rings. The quantitative estimate of drug-likeness (QED) is 0.763.